The molecule has 0 unspecified atom stereocenters. The molecule has 2 heterocycles. The average molecular weight is 352 g/mol. The van der Waals surface area contributed by atoms with Crippen LogP contribution in [-0.2, 0) is 4.74 Å². The summed E-state index contributed by atoms with van der Waals surface area (Å²) in [6, 6.07) is 19.3. The van der Waals surface area contributed by atoms with Crippen LogP contribution < -0.4 is 0 Å². The molecule has 0 atom stereocenters. The summed E-state index contributed by atoms with van der Waals surface area (Å²) in [5.41, 5.74) is 5.10. The molecular formula is C23H16N2O2. The van der Waals surface area contributed by atoms with Gasteiger partial charge < -0.3 is 9.72 Å². The zero-order valence-corrected chi connectivity index (χ0v) is 14.7. The topological polar surface area (TPSA) is 55.0 Å². The summed E-state index contributed by atoms with van der Waals surface area (Å²) >= 11 is 0. The standard InChI is InChI=1S/C23H16N2O2/c1-27-23(26)20-11-13-25-22(15-20)18-7-4-16(5-8-18)2-3-17-6-9-21-19(14-17)10-12-24-21/h4-15,24H,1H3. The van der Waals surface area contributed by atoms with Crippen molar-refractivity contribution in [2.24, 2.45) is 0 Å². The number of pyridine rings is 1. The van der Waals surface area contributed by atoms with E-state index in [2.05, 4.69) is 27.9 Å². The van der Waals surface area contributed by atoms with Crippen LogP contribution in [0.25, 0.3) is 22.2 Å². The maximum atomic E-state index is 11.7. The fraction of sp³-hybridized carbons (Fsp3) is 0.0435. The van der Waals surface area contributed by atoms with Crippen LogP contribution in [0.1, 0.15) is 21.5 Å². The number of ether oxygens (including phenoxy) is 1. The number of esters is 1. The quantitative estimate of drug-likeness (QED) is 0.429. The van der Waals surface area contributed by atoms with Gasteiger partial charge in [0.05, 0.1) is 18.4 Å². The first-order chi connectivity index (χ1) is 13.2. The molecule has 0 amide bonds. The molecule has 2 aromatic heterocycles. The second-order valence-electron chi connectivity index (χ2n) is 6.03. The number of nitrogens with zero attached hydrogens (tertiary/aromatic N) is 1. The van der Waals surface area contributed by atoms with Gasteiger partial charge in [-0.25, -0.2) is 4.79 Å². The molecule has 130 valence electrons. The molecule has 0 fully saturated rings. The Labute approximate surface area is 156 Å². The molecule has 0 saturated heterocycles. The molecule has 0 aliphatic rings. The highest BCUT2D eigenvalue weighted by Gasteiger charge is 2.07. The molecule has 4 heteroatoms. The Kier molecular flexibility index (Phi) is 4.42. The zero-order chi connectivity index (χ0) is 18.6. The van der Waals surface area contributed by atoms with E-state index in [-0.39, 0.29) is 5.97 Å². The minimum Gasteiger partial charge on any atom is -0.465 e. The van der Waals surface area contributed by atoms with Gasteiger partial charge in [-0.1, -0.05) is 24.0 Å². The van der Waals surface area contributed by atoms with Gasteiger partial charge in [-0.2, -0.15) is 0 Å². The van der Waals surface area contributed by atoms with Gasteiger partial charge in [0.1, 0.15) is 0 Å². The highest BCUT2D eigenvalue weighted by Crippen LogP contribution is 2.19. The summed E-state index contributed by atoms with van der Waals surface area (Å²) in [7, 11) is 1.36. The van der Waals surface area contributed by atoms with Crippen molar-refractivity contribution >= 4 is 16.9 Å². The van der Waals surface area contributed by atoms with E-state index in [1.165, 1.54) is 7.11 Å². The van der Waals surface area contributed by atoms with Gasteiger partial charge in [0.25, 0.3) is 0 Å². The minimum absolute atomic E-state index is 0.375. The second kappa shape index (κ2) is 7.19. The first-order valence-electron chi connectivity index (χ1n) is 8.47. The molecule has 0 aliphatic carbocycles. The molecule has 0 radical (unpaired) electrons. The van der Waals surface area contributed by atoms with E-state index in [9.17, 15) is 4.79 Å². The first-order valence-corrected chi connectivity index (χ1v) is 8.47. The Morgan fingerprint density at radius 1 is 0.963 bits per heavy atom. The monoisotopic (exact) mass is 352 g/mol. The van der Waals surface area contributed by atoms with Gasteiger partial charge in [-0.3, -0.25) is 4.98 Å². The number of H-pyrrole nitrogens is 1. The van der Waals surface area contributed by atoms with E-state index in [1.54, 1.807) is 18.3 Å². The highest BCUT2D eigenvalue weighted by atomic mass is 16.5. The number of hydrogen-bond donors (Lipinski definition) is 1. The molecule has 1 N–H and O–H groups in total. The number of aromatic amines is 1. The molecule has 0 aliphatic heterocycles. The number of hydrogen-bond acceptors (Lipinski definition) is 3. The van der Waals surface area contributed by atoms with Gasteiger partial charge in [-0.15, -0.1) is 0 Å². The molecule has 4 aromatic rings. The number of carbonyl (C=O) groups is 1. The lowest BCUT2D eigenvalue weighted by atomic mass is 10.1. The van der Waals surface area contributed by atoms with Crippen molar-refractivity contribution in [3.8, 4) is 23.1 Å². The van der Waals surface area contributed by atoms with Crippen LogP contribution in [0.5, 0.6) is 0 Å². The number of carbonyl (C=O) groups excluding carboxylic acids is 1. The van der Waals surface area contributed by atoms with E-state index < -0.39 is 0 Å². The summed E-state index contributed by atoms with van der Waals surface area (Å²) in [6.45, 7) is 0. The molecule has 0 bridgehead atoms. The van der Waals surface area contributed by atoms with E-state index in [0.717, 1.165) is 33.3 Å². The number of methoxy groups -OCH3 is 1. The Hall–Kier alpha value is -3.84. The highest BCUT2D eigenvalue weighted by molar-refractivity contribution is 5.90. The lowest BCUT2D eigenvalue weighted by Crippen LogP contribution is -2.01. The van der Waals surface area contributed by atoms with Crippen LogP contribution in [-0.4, -0.2) is 23.0 Å². The van der Waals surface area contributed by atoms with Gasteiger partial charge in [-0.05, 0) is 48.5 Å². The van der Waals surface area contributed by atoms with E-state index in [4.69, 9.17) is 4.74 Å². The normalized spacial score (nSPS) is 10.3. The van der Waals surface area contributed by atoms with Crippen LogP contribution in [0.4, 0.5) is 0 Å². The van der Waals surface area contributed by atoms with Gasteiger partial charge in [0, 0.05) is 40.0 Å². The molecule has 0 saturated carbocycles. The van der Waals surface area contributed by atoms with Gasteiger partial charge in [0.15, 0.2) is 0 Å². The third-order valence-electron chi connectivity index (χ3n) is 4.27. The van der Waals surface area contributed by atoms with Crippen LogP contribution in [0, 0.1) is 11.8 Å². The van der Waals surface area contributed by atoms with Crippen LogP contribution in [0.2, 0.25) is 0 Å². The molecule has 4 rings (SSSR count). The summed E-state index contributed by atoms with van der Waals surface area (Å²) in [6.07, 6.45) is 3.52. The van der Waals surface area contributed by atoms with Crippen LogP contribution >= 0.6 is 0 Å². The summed E-state index contributed by atoms with van der Waals surface area (Å²) < 4.78 is 4.75. The van der Waals surface area contributed by atoms with Crippen molar-refractivity contribution in [3.63, 3.8) is 0 Å². The molecule has 2 aromatic carbocycles. The van der Waals surface area contributed by atoms with Crippen LogP contribution in [0.15, 0.2) is 73.1 Å². The smallest absolute Gasteiger partial charge is 0.337 e. The van der Waals surface area contributed by atoms with Crippen molar-refractivity contribution < 1.29 is 9.53 Å². The molecule has 4 nitrogen and oxygen atoms in total. The van der Waals surface area contributed by atoms with Gasteiger partial charge >= 0.3 is 5.97 Å². The third kappa shape index (κ3) is 3.58. The van der Waals surface area contributed by atoms with Crippen molar-refractivity contribution in [2.45, 2.75) is 0 Å². The number of aromatic nitrogens is 2. The second-order valence-corrected chi connectivity index (χ2v) is 6.03. The number of benzene rings is 2. The lowest BCUT2D eigenvalue weighted by Gasteiger charge is -2.03. The first kappa shape index (κ1) is 16.6. The lowest BCUT2D eigenvalue weighted by molar-refractivity contribution is 0.0600. The predicted molar refractivity (Wildman–Crippen MR) is 105 cm³/mol. The summed E-state index contributed by atoms with van der Waals surface area (Å²) in [4.78, 5) is 19.2. The third-order valence-corrected chi connectivity index (χ3v) is 4.27. The Bertz CT molecular complexity index is 1180. The fourth-order valence-electron chi connectivity index (χ4n) is 2.83. The van der Waals surface area contributed by atoms with Crippen molar-refractivity contribution in [3.05, 3.63) is 89.7 Å². The van der Waals surface area contributed by atoms with E-state index >= 15 is 0 Å². The molecular weight excluding hydrogens is 336 g/mol. The molecule has 0 spiro atoms. The van der Waals surface area contributed by atoms with Crippen molar-refractivity contribution in [1.82, 2.24) is 9.97 Å². The maximum absolute atomic E-state index is 11.7. The van der Waals surface area contributed by atoms with E-state index in [1.807, 2.05) is 48.7 Å². The average Bonchev–Trinajstić information content (AvgIpc) is 3.20. The minimum atomic E-state index is -0.375. The Morgan fingerprint density at radius 2 is 1.74 bits per heavy atom. The zero-order valence-electron chi connectivity index (χ0n) is 14.7. The molecule has 27 heavy (non-hydrogen) atoms. The maximum Gasteiger partial charge on any atom is 0.337 e. The fourth-order valence-corrected chi connectivity index (χ4v) is 2.83. The summed E-state index contributed by atoms with van der Waals surface area (Å²) in [5.74, 6) is 6.00. The predicted octanol–water partition coefficient (Wildman–Crippen LogP) is 4.42. The SMILES string of the molecule is COC(=O)c1ccnc(-c2ccc(C#Cc3ccc4[nH]ccc4c3)cc2)c1. The number of fused-ring (bicyclic) bond motifs is 1. The number of rotatable bonds is 2. The van der Waals surface area contributed by atoms with Crippen molar-refractivity contribution in [1.29, 1.82) is 0 Å². The Balaban J connectivity index is 1.57. The largest absolute Gasteiger partial charge is 0.465 e. The van der Waals surface area contributed by atoms with E-state index in [0.29, 0.717) is 5.56 Å². The van der Waals surface area contributed by atoms with Crippen molar-refractivity contribution in [2.75, 3.05) is 7.11 Å². The summed E-state index contributed by atoms with van der Waals surface area (Å²) in [5, 5.41) is 1.15. The van der Waals surface area contributed by atoms with Gasteiger partial charge in [0.2, 0.25) is 0 Å². The Morgan fingerprint density at radius 3 is 2.56 bits per heavy atom. The van der Waals surface area contributed by atoms with Crippen LogP contribution in [0.3, 0.4) is 0 Å². The number of nitrogens with one attached hydrogen (secondary N) is 1.